The summed E-state index contributed by atoms with van der Waals surface area (Å²) in [4.78, 5) is 16.3. The maximum atomic E-state index is 12.1. The summed E-state index contributed by atoms with van der Waals surface area (Å²) in [5.74, 6) is 3.01. The molecule has 1 aliphatic carbocycles. The van der Waals surface area contributed by atoms with Crippen LogP contribution in [0.2, 0.25) is 0 Å². The number of rotatable bonds is 5. The van der Waals surface area contributed by atoms with Gasteiger partial charge in [-0.05, 0) is 32.1 Å². The summed E-state index contributed by atoms with van der Waals surface area (Å²) in [6, 6.07) is 0.322. The van der Waals surface area contributed by atoms with Crippen molar-refractivity contribution in [1.29, 1.82) is 0 Å². The summed E-state index contributed by atoms with van der Waals surface area (Å²) < 4.78 is 5.13. The molecule has 1 saturated carbocycles. The van der Waals surface area contributed by atoms with Crippen LogP contribution >= 0.6 is 11.8 Å². The molecular weight excluding hydrogens is 286 g/mol. The zero-order valence-corrected chi connectivity index (χ0v) is 14.1. The number of nitrogens with one attached hydrogen (secondary N) is 1. The average molecular weight is 311 g/mol. The Bertz CT molecular complexity index is 477. The van der Waals surface area contributed by atoms with E-state index in [0.29, 0.717) is 35.3 Å². The Labute approximate surface area is 130 Å². The molecule has 1 fully saturated rings. The number of aromatic nitrogens is 2. The predicted octanol–water partition coefficient (Wildman–Crippen LogP) is 3.11. The molecule has 6 heteroatoms. The molecule has 0 bridgehead atoms. The van der Waals surface area contributed by atoms with Gasteiger partial charge in [-0.2, -0.15) is 4.98 Å². The SMILES string of the molecule is Cc1noc([C@H](C)SCC(=O)N[C@@H]2CCC[C@H](C)[C@@H]2C)n1. The van der Waals surface area contributed by atoms with Crippen LogP contribution in [0, 0.1) is 18.8 Å². The summed E-state index contributed by atoms with van der Waals surface area (Å²) in [7, 11) is 0. The minimum atomic E-state index is 0.0413. The van der Waals surface area contributed by atoms with E-state index >= 15 is 0 Å². The van der Waals surface area contributed by atoms with Crippen molar-refractivity contribution in [2.75, 3.05) is 5.75 Å². The first kappa shape index (κ1) is 16.3. The molecule has 5 nitrogen and oxygen atoms in total. The van der Waals surface area contributed by atoms with Crippen LogP contribution in [0.5, 0.6) is 0 Å². The van der Waals surface area contributed by atoms with Gasteiger partial charge in [0, 0.05) is 6.04 Å². The number of carbonyl (C=O) groups is 1. The van der Waals surface area contributed by atoms with Crippen molar-refractivity contribution in [1.82, 2.24) is 15.5 Å². The van der Waals surface area contributed by atoms with Gasteiger partial charge in [0.05, 0.1) is 11.0 Å². The highest BCUT2D eigenvalue weighted by Crippen LogP contribution is 2.30. The van der Waals surface area contributed by atoms with E-state index in [0.717, 1.165) is 6.42 Å². The summed E-state index contributed by atoms with van der Waals surface area (Å²) in [6.07, 6.45) is 3.58. The highest BCUT2D eigenvalue weighted by molar-refractivity contribution is 8.00. The van der Waals surface area contributed by atoms with E-state index in [1.165, 1.54) is 24.6 Å². The molecule has 21 heavy (non-hydrogen) atoms. The van der Waals surface area contributed by atoms with Crippen LogP contribution in [0.3, 0.4) is 0 Å². The fourth-order valence-corrected chi connectivity index (χ4v) is 3.51. The summed E-state index contributed by atoms with van der Waals surface area (Å²) in [5.41, 5.74) is 0. The van der Waals surface area contributed by atoms with Gasteiger partial charge in [-0.15, -0.1) is 11.8 Å². The number of hydrogen-bond acceptors (Lipinski definition) is 5. The van der Waals surface area contributed by atoms with Crippen molar-refractivity contribution >= 4 is 17.7 Å². The molecule has 0 saturated heterocycles. The molecule has 1 aromatic heterocycles. The first-order chi connectivity index (χ1) is 9.97. The van der Waals surface area contributed by atoms with Gasteiger partial charge in [-0.3, -0.25) is 4.79 Å². The van der Waals surface area contributed by atoms with E-state index in [-0.39, 0.29) is 11.2 Å². The normalized spacial score (nSPS) is 27.3. The van der Waals surface area contributed by atoms with Crippen LogP contribution in [0.15, 0.2) is 4.52 Å². The molecule has 0 radical (unpaired) electrons. The molecule has 1 heterocycles. The predicted molar refractivity (Wildman–Crippen MR) is 84.0 cm³/mol. The lowest BCUT2D eigenvalue weighted by Gasteiger charge is -2.34. The average Bonchev–Trinajstić information content (AvgIpc) is 2.88. The smallest absolute Gasteiger partial charge is 0.239 e. The Morgan fingerprint density at radius 1 is 1.48 bits per heavy atom. The van der Waals surface area contributed by atoms with Crippen LogP contribution in [-0.2, 0) is 4.79 Å². The first-order valence-electron chi connectivity index (χ1n) is 7.68. The Hall–Kier alpha value is -1.04. The third kappa shape index (κ3) is 4.46. The maximum Gasteiger partial charge on any atom is 0.239 e. The van der Waals surface area contributed by atoms with E-state index < -0.39 is 0 Å². The molecule has 4 atom stereocenters. The third-order valence-corrected chi connectivity index (χ3v) is 5.54. The molecule has 1 N–H and O–H groups in total. The van der Waals surface area contributed by atoms with Gasteiger partial charge in [0.2, 0.25) is 11.8 Å². The standard InChI is InChI=1S/C15H25N3O2S/c1-9-6-5-7-13(10(9)2)17-14(19)8-21-11(3)15-16-12(4)18-20-15/h9-11,13H,5-8H2,1-4H3,(H,17,19)/t9-,10-,11-,13+/m0/s1. The number of carbonyl (C=O) groups excluding carboxylic acids is 1. The second-order valence-corrected chi connectivity index (χ2v) is 7.40. The number of aryl methyl sites for hydroxylation is 1. The maximum absolute atomic E-state index is 12.1. The van der Waals surface area contributed by atoms with Gasteiger partial charge in [-0.1, -0.05) is 31.8 Å². The zero-order chi connectivity index (χ0) is 15.4. The second-order valence-electron chi connectivity index (χ2n) is 6.07. The minimum absolute atomic E-state index is 0.0413. The Balaban J connectivity index is 1.77. The highest BCUT2D eigenvalue weighted by atomic mass is 32.2. The lowest BCUT2D eigenvalue weighted by molar-refractivity contribution is -0.120. The van der Waals surface area contributed by atoms with Crippen molar-refractivity contribution in [3.63, 3.8) is 0 Å². The van der Waals surface area contributed by atoms with Crippen molar-refractivity contribution in [3.8, 4) is 0 Å². The number of thioether (sulfide) groups is 1. The molecule has 1 aliphatic rings. The van der Waals surface area contributed by atoms with Crippen molar-refractivity contribution in [2.45, 2.75) is 58.2 Å². The van der Waals surface area contributed by atoms with E-state index in [2.05, 4.69) is 29.3 Å². The topological polar surface area (TPSA) is 68.0 Å². The molecule has 0 spiro atoms. The number of hydrogen-bond donors (Lipinski definition) is 1. The molecular formula is C15H25N3O2S. The Kier molecular flexibility index (Phi) is 5.67. The first-order valence-corrected chi connectivity index (χ1v) is 8.73. The highest BCUT2D eigenvalue weighted by Gasteiger charge is 2.28. The molecule has 1 amide bonds. The van der Waals surface area contributed by atoms with Crippen molar-refractivity contribution in [3.05, 3.63) is 11.7 Å². The number of amides is 1. The van der Waals surface area contributed by atoms with Crippen LogP contribution in [-0.4, -0.2) is 27.8 Å². The van der Waals surface area contributed by atoms with Gasteiger partial charge in [-0.25, -0.2) is 0 Å². The van der Waals surface area contributed by atoms with Gasteiger partial charge < -0.3 is 9.84 Å². The van der Waals surface area contributed by atoms with E-state index in [9.17, 15) is 4.79 Å². The van der Waals surface area contributed by atoms with E-state index in [1.54, 1.807) is 6.92 Å². The molecule has 0 unspecified atom stereocenters. The minimum Gasteiger partial charge on any atom is -0.352 e. The largest absolute Gasteiger partial charge is 0.352 e. The van der Waals surface area contributed by atoms with Gasteiger partial charge >= 0.3 is 0 Å². The van der Waals surface area contributed by atoms with Gasteiger partial charge in [0.15, 0.2) is 5.82 Å². The van der Waals surface area contributed by atoms with E-state index in [1.807, 2.05) is 6.92 Å². The van der Waals surface area contributed by atoms with Crippen LogP contribution in [0.1, 0.15) is 57.0 Å². The molecule has 1 aromatic rings. The monoisotopic (exact) mass is 311 g/mol. The second kappa shape index (κ2) is 7.29. The summed E-state index contributed by atoms with van der Waals surface area (Å²) in [6.45, 7) is 8.29. The lowest BCUT2D eigenvalue weighted by atomic mass is 9.78. The van der Waals surface area contributed by atoms with Crippen LogP contribution in [0.25, 0.3) is 0 Å². The Morgan fingerprint density at radius 3 is 2.90 bits per heavy atom. The number of nitrogens with zero attached hydrogens (tertiary/aromatic N) is 2. The van der Waals surface area contributed by atoms with E-state index in [4.69, 9.17) is 4.52 Å². The fraction of sp³-hybridized carbons (Fsp3) is 0.800. The van der Waals surface area contributed by atoms with Gasteiger partial charge in [0.1, 0.15) is 0 Å². The zero-order valence-electron chi connectivity index (χ0n) is 13.3. The molecule has 0 aromatic carbocycles. The fourth-order valence-electron chi connectivity index (χ4n) is 2.78. The van der Waals surface area contributed by atoms with Crippen molar-refractivity contribution < 1.29 is 9.32 Å². The van der Waals surface area contributed by atoms with Crippen LogP contribution < -0.4 is 5.32 Å². The van der Waals surface area contributed by atoms with Crippen LogP contribution in [0.4, 0.5) is 0 Å². The molecule has 2 rings (SSSR count). The molecule has 118 valence electrons. The van der Waals surface area contributed by atoms with Crippen molar-refractivity contribution in [2.24, 2.45) is 11.8 Å². The Morgan fingerprint density at radius 2 is 2.24 bits per heavy atom. The summed E-state index contributed by atoms with van der Waals surface area (Å²) >= 11 is 1.53. The third-order valence-electron chi connectivity index (χ3n) is 4.41. The summed E-state index contributed by atoms with van der Waals surface area (Å²) in [5, 5.41) is 7.00. The lowest BCUT2D eigenvalue weighted by Crippen LogP contribution is -2.44. The molecule has 0 aliphatic heterocycles. The quantitative estimate of drug-likeness (QED) is 0.905. The van der Waals surface area contributed by atoms with Gasteiger partial charge in [0.25, 0.3) is 0 Å².